The molecule has 2 atom stereocenters. The van der Waals surface area contributed by atoms with Gasteiger partial charge >= 0.3 is 5.97 Å². The zero-order valence-electron chi connectivity index (χ0n) is 17.4. The number of para-hydroxylation sites is 1. The molecule has 1 aliphatic heterocycles. The summed E-state index contributed by atoms with van der Waals surface area (Å²) in [4.78, 5) is 24.3. The SMILES string of the molecule is C[C@H]1C[C@H](C)CN(S(=O)(=O)c2ccc(C(=O)OCC(=O)Nc3ccccc3Cl)cc2)C1. The molecule has 0 radical (unpaired) electrons. The van der Waals surface area contributed by atoms with Crippen LogP contribution in [0.2, 0.25) is 5.02 Å². The summed E-state index contributed by atoms with van der Waals surface area (Å²) in [5.41, 5.74) is 0.575. The van der Waals surface area contributed by atoms with Crippen molar-refractivity contribution in [2.24, 2.45) is 11.8 Å². The molecule has 0 unspecified atom stereocenters. The molecule has 0 spiro atoms. The second-order valence-corrected chi connectivity index (χ2v) is 10.2. The minimum Gasteiger partial charge on any atom is -0.452 e. The summed E-state index contributed by atoms with van der Waals surface area (Å²) in [6.07, 6.45) is 1.00. The molecule has 3 rings (SSSR count). The molecule has 1 saturated heterocycles. The van der Waals surface area contributed by atoms with Crippen LogP contribution in [0.25, 0.3) is 0 Å². The summed E-state index contributed by atoms with van der Waals surface area (Å²) in [5, 5.41) is 2.93. The quantitative estimate of drug-likeness (QED) is 0.656. The van der Waals surface area contributed by atoms with Gasteiger partial charge in [-0.3, -0.25) is 4.79 Å². The Morgan fingerprint density at radius 2 is 1.68 bits per heavy atom. The lowest BCUT2D eigenvalue weighted by molar-refractivity contribution is -0.119. The van der Waals surface area contributed by atoms with Crippen LogP contribution in [0.4, 0.5) is 5.69 Å². The van der Waals surface area contributed by atoms with Crippen LogP contribution >= 0.6 is 11.6 Å². The number of amides is 1. The van der Waals surface area contributed by atoms with Crippen LogP contribution in [0.15, 0.2) is 53.4 Å². The van der Waals surface area contributed by atoms with Crippen molar-refractivity contribution in [3.8, 4) is 0 Å². The molecule has 0 saturated carbocycles. The van der Waals surface area contributed by atoms with E-state index >= 15 is 0 Å². The molecule has 2 aromatic rings. The monoisotopic (exact) mass is 464 g/mol. The summed E-state index contributed by atoms with van der Waals surface area (Å²) in [7, 11) is -3.63. The molecule has 0 bridgehead atoms. The number of esters is 1. The highest BCUT2D eigenvalue weighted by atomic mass is 35.5. The molecular weight excluding hydrogens is 440 g/mol. The number of ether oxygens (including phenoxy) is 1. The predicted molar refractivity (Wildman–Crippen MR) is 119 cm³/mol. The predicted octanol–water partition coefficient (Wildman–Crippen LogP) is 3.80. The Balaban J connectivity index is 1.59. The van der Waals surface area contributed by atoms with Gasteiger partial charge in [0.1, 0.15) is 0 Å². The van der Waals surface area contributed by atoms with Crippen LogP contribution < -0.4 is 5.32 Å². The highest BCUT2D eigenvalue weighted by molar-refractivity contribution is 7.89. The summed E-state index contributed by atoms with van der Waals surface area (Å²) in [6.45, 7) is 4.56. The fraction of sp³-hybridized carbons (Fsp3) is 0.364. The van der Waals surface area contributed by atoms with Crippen LogP contribution in [0.1, 0.15) is 30.6 Å². The summed E-state index contributed by atoms with van der Waals surface area (Å²) < 4.78 is 32.4. The first-order chi connectivity index (χ1) is 14.7. The van der Waals surface area contributed by atoms with E-state index in [2.05, 4.69) is 5.32 Å². The molecule has 0 aromatic heterocycles. The number of benzene rings is 2. The molecule has 2 aromatic carbocycles. The van der Waals surface area contributed by atoms with Crippen molar-refractivity contribution in [1.82, 2.24) is 4.31 Å². The molecule has 1 fully saturated rings. The summed E-state index contributed by atoms with van der Waals surface area (Å²) >= 11 is 5.98. The number of piperidine rings is 1. The van der Waals surface area contributed by atoms with Gasteiger partial charge in [-0.1, -0.05) is 37.6 Å². The minimum atomic E-state index is -3.63. The van der Waals surface area contributed by atoms with Gasteiger partial charge < -0.3 is 10.1 Å². The number of nitrogens with zero attached hydrogens (tertiary/aromatic N) is 1. The fourth-order valence-electron chi connectivity index (χ4n) is 3.68. The Morgan fingerprint density at radius 3 is 2.29 bits per heavy atom. The summed E-state index contributed by atoms with van der Waals surface area (Å²) in [6, 6.07) is 12.3. The topological polar surface area (TPSA) is 92.8 Å². The fourth-order valence-corrected chi connectivity index (χ4v) is 5.54. The lowest BCUT2D eigenvalue weighted by Gasteiger charge is -2.34. The van der Waals surface area contributed by atoms with Crippen molar-refractivity contribution in [3.05, 3.63) is 59.1 Å². The average molecular weight is 465 g/mol. The molecule has 31 heavy (non-hydrogen) atoms. The van der Waals surface area contributed by atoms with Gasteiger partial charge in [-0.15, -0.1) is 0 Å². The van der Waals surface area contributed by atoms with E-state index in [-0.39, 0.29) is 10.5 Å². The molecule has 166 valence electrons. The van der Waals surface area contributed by atoms with Gasteiger partial charge in [0, 0.05) is 13.1 Å². The number of hydrogen-bond donors (Lipinski definition) is 1. The Kier molecular flexibility index (Phi) is 7.35. The van der Waals surface area contributed by atoms with E-state index in [9.17, 15) is 18.0 Å². The molecule has 0 aliphatic carbocycles. The van der Waals surface area contributed by atoms with Crippen LogP contribution in [0, 0.1) is 11.8 Å². The van der Waals surface area contributed by atoms with Crippen LogP contribution in [0.5, 0.6) is 0 Å². The van der Waals surface area contributed by atoms with Crippen molar-refractivity contribution in [2.75, 3.05) is 25.0 Å². The van der Waals surface area contributed by atoms with Gasteiger partial charge in [-0.25, -0.2) is 13.2 Å². The normalized spacial score (nSPS) is 19.6. The van der Waals surface area contributed by atoms with Gasteiger partial charge in [-0.2, -0.15) is 4.31 Å². The highest BCUT2D eigenvalue weighted by Crippen LogP contribution is 2.27. The number of halogens is 1. The van der Waals surface area contributed by atoms with Crippen molar-refractivity contribution in [3.63, 3.8) is 0 Å². The van der Waals surface area contributed by atoms with Gasteiger partial charge in [0.2, 0.25) is 10.0 Å². The van der Waals surface area contributed by atoms with E-state index in [0.717, 1.165) is 6.42 Å². The third kappa shape index (κ3) is 5.84. The lowest BCUT2D eigenvalue weighted by Crippen LogP contribution is -2.42. The number of anilines is 1. The molecule has 1 amide bonds. The lowest BCUT2D eigenvalue weighted by atomic mass is 9.94. The molecular formula is C22H25ClN2O5S. The van der Waals surface area contributed by atoms with E-state index < -0.39 is 28.5 Å². The molecule has 1 aliphatic rings. The second kappa shape index (κ2) is 9.80. The number of rotatable bonds is 6. The second-order valence-electron chi connectivity index (χ2n) is 7.90. The first-order valence-corrected chi connectivity index (χ1v) is 11.8. The third-order valence-electron chi connectivity index (χ3n) is 5.05. The maximum absolute atomic E-state index is 12.9. The van der Waals surface area contributed by atoms with E-state index in [1.54, 1.807) is 24.3 Å². The zero-order chi connectivity index (χ0) is 22.6. The van der Waals surface area contributed by atoms with Crippen molar-refractivity contribution >= 4 is 39.2 Å². The van der Waals surface area contributed by atoms with E-state index in [4.69, 9.17) is 16.3 Å². The Bertz CT molecular complexity index is 1050. The zero-order valence-corrected chi connectivity index (χ0v) is 18.9. The maximum atomic E-state index is 12.9. The standard InChI is InChI=1S/C22H25ClN2O5S/c1-15-11-16(2)13-25(12-15)31(28,29)18-9-7-17(8-10-18)22(27)30-14-21(26)24-20-6-4-3-5-19(20)23/h3-10,15-16H,11-14H2,1-2H3,(H,24,26)/t15-,16-/m0/s1. The van der Waals surface area contributed by atoms with E-state index in [1.807, 2.05) is 13.8 Å². The molecule has 1 N–H and O–H groups in total. The number of carbonyl (C=O) groups is 2. The summed E-state index contributed by atoms with van der Waals surface area (Å²) in [5.74, 6) is -0.665. The average Bonchev–Trinajstić information content (AvgIpc) is 2.73. The minimum absolute atomic E-state index is 0.127. The van der Waals surface area contributed by atoms with Crippen LogP contribution in [-0.4, -0.2) is 44.3 Å². The van der Waals surface area contributed by atoms with Crippen molar-refractivity contribution in [2.45, 2.75) is 25.2 Å². The number of carbonyl (C=O) groups excluding carboxylic acids is 2. The van der Waals surface area contributed by atoms with Gasteiger partial charge in [-0.05, 0) is 54.7 Å². The molecule has 7 nitrogen and oxygen atoms in total. The number of nitrogens with one attached hydrogen (secondary N) is 1. The van der Waals surface area contributed by atoms with Crippen LogP contribution in [-0.2, 0) is 19.6 Å². The Morgan fingerprint density at radius 1 is 1.06 bits per heavy atom. The smallest absolute Gasteiger partial charge is 0.338 e. The van der Waals surface area contributed by atoms with Crippen molar-refractivity contribution < 1.29 is 22.7 Å². The van der Waals surface area contributed by atoms with E-state index in [1.165, 1.54) is 28.6 Å². The van der Waals surface area contributed by atoms with E-state index in [0.29, 0.717) is 35.6 Å². The number of hydrogen-bond acceptors (Lipinski definition) is 5. The van der Waals surface area contributed by atoms with Crippen molar-refractivity contribution in [1.29, 1.82) is 0 Å². The Labute approximate surface area is 187 Å². The number of sulfonamides is 1. The van der Waals surface area contributed by atoms with Crippen LogP contribution in [0.3, 0.4) is 0 Å². The first kappa shape index (κ1) is 23.2. The van der Waals surface area contributed by atoms with Gasteiger partial charge in [0.05, 0.1) is 21.2 Å². The van der Waals surface area contributed by atoms with Gasteiger partial charge in [0.25, 0.3) is 5.91 Å². The Hall–Kier alpha value is -2.42. The first-order valence-electron chi connectivity index (χ1n) is 9.98. The largest absolute Gasteiger partial charge is 0.452 e. The third-order valence-corrected chi connectivity index (χ3v) is 7.22. The maximum Gasteiger partial charge on any atom is 0.338 e. The highest BCUT2D eigenvalue weighted by Gasteiger charge is 2.31. The molecule has 1 heterocycles. The molecule has 9 heteroatoms. The van der Waals surface area contributed by atoms with Gasteiger partial charge in [0.15, 0.2) is 6.61 Å².